The minimum atomic E-state index is -0.318. The van der Waals surface area contributed by atoms with Gasteiger partial charge in [-0.2, -0.15) is 0 Å². The van der Waals surface area contributed by atoms with Crippen LogP contribution in [0.3, 0.4) is 0 Å². The first kappa shape index (κ1) is 22.1. The smallest absolute Gasteiger partial charge is 0.358 e. The summed E-state index contributed by atoms with van der Waals surface area (Å²) < 4.78 is 7.83. The Hall–Kier alpha value is -2.43. The maximum Gasteiger partial charge on any atom is 0.358 e. The second kappa shape index (κ2) is 7.79. The molecule has 3 saturated carbocycles. The van der Waals surface area contributed by atoms with E-state index in [1.807, 2.05) is 28.8 Å². The number of pyridine rings is 1. The topological polar surface area (TPSA) is 60.7 Å². The number of esters is 1. The molecule has 0 unspecified atom stereocenters. The molecule has 2 aromatic heterocycles. The zero-order valence-electron chi connectivity index (χ0n) is 20.6. The van der Waals surface area contributed by atoms with Crippen LogP contribution in [0.25, 0.3) is 5.65 Å². The Morgan fingerprint density at radius 2 is 1.94 bits per heavy atom. The number of ether oxygens (including phenoxy) is 1. The minimum Gasteiger partial charge on any atom is -0.457 e. The van der Waals surface area contributed by atoms with Gasteiger partial charge in [0.1, 0.15) is 17.5 Å². The molecular formula is C29H36N2O3. The van der Waals surface area contributed by atoms with Crippen LogP contribution < -0.4 is 0 Å². The van der Waals surface area contributed by atoms with Gasteiger partial charge < -0.3 is 9.14 Å². The van der Waals surface area contributed by atoms with Gasteiger partial charge >= 0.3 is 5.97 Å². The predicted octanol–water partition coefficient (Wildman–Crippen LogP) is 6.03. The van der Waals surface area contributed by atoms with Gasteiger partial charge in [-0.15, -0.1) is 0 Å². The molecular weight excluding hydrogens is 424 g/mol. The highest BCUT2D eigenvalue weighted by Crippen LogP contribution is 2.66. The minimum absolute atomic E-state index is 0.0735. The molecule has 0 aromatic carbocycles. The molecule has 0 bridgehead atoms. The Labute approximate surface area is 202 Å². The number of fused-ring (bicyclic) bond motifs is 6. The number of hydrogen-bond acceptors (Lipinski definition) is 4. The number of aromatic nitrogens is 2. The number of imidazole rings is 1. The Bertz CT molecular complexity index is 1150. The first-order valence-corrected chi connectivity index (χ1v) is 13.1. The highest BCUT2D eigenvalue weighted by atomic mass is 16.5. The summed E-state index contributed by atoms with van der Waals surface area (Å²) in [5, 5.41) is 0. The average Bonchev–Trinajstić information content (AvgIpc) is 3.40. The van der Waals surface area contributed by atoms with Crippen molar-refractivity contribution in [3.8, 4) is 0 Å². The van der Waals surface area contributed by atoms with Crippen LogP contribution in [0.4, 0.5) is 0 Å². The van der Waals surface area contributed by atoms with Gasteiger partial charge in [-0.3, -0.25) is 4.79 Å². The van der Waals surface area contributed by atoms with Gasteiger partial charge in [-0.25, -0.2) is 9.78 Å². The van der Waals surface area contributed by atoms with Crippen molar-refractivity contribution in [3.63, 3.8) is 0 Å². The molecule has 0 aliphatic heterocycles. The summed E-state index contributed by atoms with van der Waals surface area (Å²) in [6, 6.07) is 5.74. The monoisotopic (exact) mass is 460 g/mol. The van der Waals surface area contributed by atoms with Crippen molar-refractivity contribution in [2.24, 2.45) is 34.5 Å². The van der Waals surface area contributed by atoms with Crippen LogP contribution in [0.1, 0.15) is 82.6 Å². The molecule has 0 amide bonds. The third kappa shape index (κ3) is 3.22. The number of carbonyl (C=O) groups is 2. The zero-order chi connectivity index (χ0) is 23.7. The molecule has 180 valence electrons. The lowest BCUT2D eigenvalue weighted by Gasteiger charge is -2.58. The van der Waals surface area contributed by atoms with Crippen molar-refractivity contribution in [2.45, 2.75) is 78.2 Å². The van der Waals surface area contributed by atoms with Crippen molar-refractivity contribution in [3.05, 3.63) is 47.9 Å². The van der Waals surface area contributed by atoms with E-state index in [0.29, 0.717) is 29.2 Å². The standard InChI is InChI=1S/C29H36N2O3/c1-18(32)22-9-10-23-21-8-7-19-16-20(11-13-28(19,2)24(21)12-14-29(22,23)3)34-27(33)25-17-31-15-5-4-6-26(31)30-25/h4-7,15,17,20-24H,8-14,16H2,1-3H3/t20-,21-,22+,23-,24-,28-,29+/m0/s1. The largest absolute Gasteiger partial charge is 0.457 e. The first-order valence-electron chi connectivity index (χ1n) is 13.1. The molecule has 0 radical (unpaired) electrons. The maximum atomic E-state index is 12.9. The number of carbonyl (C=O) groups excluding carboxylic acids is 2. The fourth-order valence-electron chi connectivity index (χ4n) is 8.64. The highest BCUT2D eigenvalue weighted by Gasteiger charge is 2.59. The second-order valence-corrected chi connectivity index (χ2v) is 11.9. The summed E-state index contributed by atoms with van der Waals surface area (Å²) in [5.41, 5.74) is 3.03. The molecule has 4 aliphatic carbocycles. The Morgan fingerprint density at radius 1 is 1.09 bits per heavy atom. The van der Waals surface area contributed by atoms with E-state index in [9.17, 15) is 9.59 Å². The van der Waals surface area contributed by atoms with Crippen molar-refractivity contribution in [2.75, 3.05) is 0 Å². The van der Waals surface area contributed by atoms with Crippen LogP contribution >= 0.6 is 0 Å². The van der Waals surface area contributed by atoms with Crippen LogP contribution in [0, 0.1) is 34.5 Å². The van der Waals surface area contributed by atoms with Crippen LogP contribution in [0.15, 0.2) is 42.2 Å². The number of allylic oxidation sites excluding steroid dienone is 1. The Kier molecular flexibility index (Phi) is 5.06. The van der Waals surface area contributed by atoms with Crippen molar-refractivity contribution in [1.29, 1.82) is 0 Å². The van der Waals surface area contributed by atoms with Gasteiger partial charge in [0.05, 0.1) is 0 Å². The number of Topliss-reactive ketones (excluding diaryl/α,β-unsaturated/α-hetero) is 1. The molecule has 6 rings (SSSR count). The molecule has 2 heterocycles. The lowest BCUT2D eigenvalue weighted by atomic mass is 9.47. The summed E-state index contributed by atoms with van der Waals surface area (Å²) >= 11 is 0. The van der Waals surface area contributed by atoms with E-state index in [0.717, 1.165) is 37.8 Å². The third-order valence-corrected chi connectivity index (χ3v) is 10.4. The highest BCUT2D eigenvalue weighted by molar-refractivity contribution is 5.88. The molecule has 2 aromatic rings. The van der Waals surface area contributed by atoms with Gasteiger partial charge in [0.25, 0.3) is 0 Å². The van der Waals surface area contributed by atoms with Crippen LogP contribution in [-0.4, -0.2) is 27.2 Å². The van der Waals surface area contributed by atoms with E-state index in [1.165, 1.54) is 24.8 Å². The fourth-order valence-corrected chi connectivity index (χ4v) is 8.64. The number of nitrogens with zero attached hydrogens (tertiary/aromatic N) is 2. The molecule has 34 heavy (non-hydrogen) atoms. The van der Waals surface area contributed by atoms with Gasteiger partial charge in [-0.1, -0.05) is 31.6 Å². The summed E-state index contributed by atoms with van der Waals surface area (Å²) in [5.74, 6) is 2.38. The van der Waals surface area contributed by atoms with Crippen molar-refractivity contribution < 1.29 is 14.3 Å². The first-order chi connectivity index (χ1) is 16.3. The van der Waals surface area contributed by atoms with Gasteiger partial charge in [0.15, 0.2) is 5.69 Å². The summed E-state index contributed by atoms with van der Waals surface area (Å²) in [7, 11) is 0. The maximum absolute atomic E-state index is 12.9. The molecule has 4 aliphatic rings. The molecule has 7 atom stereocenters. The van der Waals surface area contributed by atoms with Crippen LogP contribution in [0.2, 0.25) is 0 Å². The summed E-state index contributed by atoms with van der Waals surface area (Å²) in [6.45, 7) is 6.68. The predicted molar refractivity (Wildman–Crippen MR) is 130 cm³/mol. The zero-order valence-corrected chi connectivity index (χ0v) is 20.6. The summed E-state index contributed by atoms with van der Waals surface area (Å²) in [6.07, 6.45) is 14.7. The van der Waals surface area contributed by atoms with Gasteiger partial charge in [0.2, 0.25) is 0 Å². The molecule has 0 spiro atoms. The fraction of sp³-hybridized carbons (Fsp3) is 0.621. The van der Waals surface area contributed by atoms with Crippen molar-refractivity contribution >= 4 is 17.4 Å². The van der Waals surface area contributed by atoms with E-state index in [1.54, 1.807) is 13.1 Å². The molecule has 0 saturated heterocycles. The van der Waals surface area contributed by atoms with Crippen LogP contribution in [0.5, 0.6) is 0 Å². The third-order valence-electron chi connectivity index (χ3n) is 10.4. The van der Waals surface area contributed by atoms with E-state index in [2.05, 4.69) is 24.9 Å². The summed E-state index contributed by atoms with van der Waals surface area (Å²) in [4.78, 5) is 29.7. The van der Waals surface area contributed by atoms with Crippen molar-refractivity contribution in [1.82, 2.24) is 9.38 Å². The quantitative estimate of drug-likeness (QED) is 0.415. The second-order valence-electron chi connectivity index (χ2n) is 11.9. The molecule has 5 nitrogen and oxygen atoms in total. The number of rotatable bonds is 3. The van der Waals surface area contributed by atoms with E-state index in [-0.39, 0.29) is 28.8 Å². The average molecular weight is 461 g/mol. The number of hydrogen-bond donors (Lipinski definition) is 0. The molecule has 0 N–H and O–H groups in total. The molecule has 3 fully saturated rings. The SMILES string of the molecule is CC(=O)[C@H]1CC[C@H]2[C@@H]3CC=C4C[C@@H](OC(=O)c5cn6ccccc6n5)CC[C@]4(C)[C@H]3CC[C@]12C. The normalized spacial score (nSPS) is 39.0. The van der Waals surface area contributed by atoms with Gasteiger partial charge in [0, 0.05) is 24.7 Å². The lowest BCUT2D eigenvalue weighted by molar-refractivity contribution is -0.127. The lowest BCUT2D eigenvalue weighted by Crippen LogP contribution is -2.51. The van der Waals surface area contributed by atoms with E-state index in [4.69, 9.17) is 4.74 Å². The van der Waals surface area contributed by atoms with Gasteiger partial charge in [-0.05, 0) is 92.6 Å². The van der Waals surface area contributed by atoms with Crippen LogP contribution in [-0.2, 0) is 9.53 Å². The van der Waals surface area contributed by atoms with E-state index >= 15 is 0 Å². The molecule has 5 heteroatoms. The Balaban J connectivity index is 1.18. The number of ketones is 1. The Morgan fingerprint density at radius 3 is 2.74 bits per heavy atom. The van der Waals surface area contributed by atoms with E-state index < -0.39 is 0 Å².